The van der Waals surface area contributed by atoms with Crippen LogP contribution in [0, 0.1) is 0 Å². The number of nitrogens with two attached hydrogens (primary N) is 1. The molecule has 1 saturated carbocycles. The van der Waals surface area contributed by atoms with Crippen molar-refractivity contribution in [1.82, 2.24) is 20.2 Å². The van der Waals surface area contributed by atoms with E-state index in [1.165, 1.54) is 11.1 Å². The van der Waals surface area contributed by atoms with Crippen molar-refractivity contribution in [1.29, 1.82) is 0 Å². The molecule has 0 saturated heterocycles. The molecule has 1 aliphatic carbocycles. The van der Waals surface area contributed by atoms with E-state index >= 15 is 0 Å². The highest BCUT2D eigenvalue weighted by Crippen LogP contribution is 2.38. The first kappa shape index (κ1) is 22.6. The number of nitrogen functional groups attached to an aromatic ring is 1. The molecule has 5 rings (SSSR count). The van der Waals surface area contributed by atoms with Crippen molar-refractivity contribution in [3.05, 3.63) is 83.2 Å². The number of aromatic nitrogens is 2. The van der Waals surface area contributed by atoms with Gasteiger partial charge < -0.3 is 25.7 Å². The van der Waals surface area contributed by atoms with Crippen molar-refractivity contribution in [2.45, 2.75) is 30.8 Å². The predicted molar refractivity (Wildman–Crippen MR) is 137 cm³/mol. The van der Waals surface area contributed by atoms with Crippen molar-refractivity contribution in [3.63, 3.8) is 0 Å². The summed E-state index contributed by atoms with van der Waals surface area (Å²) in [7, 11) is 0. The maximum absolute atomic E-state index is 6.42. The van der Waals surface area contributed by atoms with Crippen LogP contribution in [-0.4, -0.2) is 34.0 Å². The normalized spacial score (nSPS) is 19.4. The molecule has 2 atom stereocenters. The largest absolute Gasteiger partial charge is 0.491 e. The molecule has 1 aliphatic heterocycles. The first-order valence-corrected chi connectivity index (χ1v) is 12.1. The Morgan fingerprint density at radius 1 is 1.21 bits per heavy atom. The molecule has 0 amide bonds. The molecule has 0 radical (unpaired) electrons. The number of alkyl halides is 1. The number of hydrogen-bond acceptors (Lipinski definition) is 6. The molecule has 1 aromatic heterocycles. The fraction of sp³-hybridized carbons (Fsp3) is 0.280. The van der Waals surface area contributed by atoms with Gasteiger partial charge in [0.2, 0.25) is 0 Å². The molecule has 2 unspecified atom stereocenters. The molecule has 0 bridgehead atoms. The van der Waals surface area contributed by atoms with Crippen molar-refractivity contribution in [2.24, 2.45) is 4.99 Å². The van der Waals surface area contributed by atoms with Gasteiger partial charge in [-0.15, -0.1) is 0 Å². The molecule has 2 heterocycles. The maximum atomic E-state index is 6.42. The molecule has 176 valence electrons. The zero-order chi connectivity index (χ0) is 23.5. The van der Waals surface area contributed by atoms with E-state index < -0.39 is 5.62 Å². The number of benzene rings is 2. The van der Waals surface area contributed by atoms with Crippen LogP contribution >= 0.6 is 23.2 Å². The highest BCUT2D eigenvalue weighted by molar-refractivity contribution is 6.29. The summed E-state index contributed by atoms with van der Waals surface area (Å²) in [5.74, 6) is 1.95. The Morgan fingerprint density at radius 2 is 2.06 bits per heavy atom. The van der Waals surface area contributed by atoms with Gasteiger partial charge in [-0.05, 0) is 37.0 Å². The third kappa shape index (κ3) is 4.86. The lowest BCUT2D eigenvalue weighted by Crippen LogP contribution is -2.38. The van der Waals surface area contributed by atoms with Crippen LogP contribution in [0.1, 0.15) is 30.7 Å². The molecule has 34 heavy (non-hydrogen) atoms. The lowest BCUT2D eigenvalue weighted by atomic mass is 9.95. The Morgan fingerprint density at radius 3 is 2.85 bits per heavy atom. The number of aliphatic imine (C=N–C) groups is 1. The summed E-state index contributed by atoms with van der Waals surface area (Å²) in [5, 5.41) is 7.20. The SMILES string of the molecule is Nc1ccc(-n2cnc(Cl)c2)c(OCCCNC2=C3CCC(c4ccccc4)C3=NC(Cl)N2)c1. The maximum Gasteiger partial charge on any atom is 0.196 e. The summed E-state index contributed by atoms with van der Waals surface area (Å²) in [6.07, 6.45) is 6.17. The number of nitrogens with one attached hydrogen (secondary N) is 2. The second-order valence-corrected chi connectivity index (χ2v) is 9.11. The van der Waals surface area contributed by atoms with Gasteiger partial charge in [-0.3, -0.25) is 0 Å². The summed E-state index contributed by atoms with van der Waals surface area (Å²) in [4.78, 5) is 8.78. The van der Waals surface area contributed by atoms with E-state index in [4.69, 9.17) is 38.7 Å². The average Bonchev–Trinajstić information content (AvgIpc) is 3.46. The van der Waals surface area contributed by atoms with Gasteiger partial charge in [-0.1, -0.05) is 53.5 Å². The van der Waals surface area contributed by atoms with Crippen molar-refractivity contribution < 1.29 is 4.74 Å². The van der Waals surface area contributed by atoms with Crippen LogP contribution in [-0.2, 0) is 0 Å². The van der Waals surface area contributed by atoms with Crippen LogP contribution in [0.25, 0.3) is 5.69 Å². The second kappa shape index (κ2) is 9.99. The van der Waals surface area contributed by atoms with Gasteiger partial charge in [0.1, 0.15) is 23.1 Å². The lowest BCUT2D eigenvalue weighted by Gasteiger charge is -2.25. The first-order chi connectivity index (χ1) is 16.6. The zero-order valence-corrected chi connectivity index (χ0v) is 20.1. The van der Waals surface area contributed by atoms with Gasteiger partial charge in [0.15, 0.2) is 5.62 Å². The van der Waals surface area contributed by atoms with E-state index in [0.717, 1.165) is 43.0 Å². The van der Waals surface area contributed by atoms with E-state index in [1.54, 1.807) is 12.5 Å². The fourth-order valence-electron chi connectivity index (χ4n) is 4.47. The number of rotatable bonds is 8. The van der Waals surface area contributed by atoms with Crippen LogP contribution in [0.4, 0.5) is 5.69 Å². The van der Waals surface area contributed by atoms with E-state index in [0.29, 0.717) is 29.1 Å². The van der Waals surface area contributed by atoms with Gasteiger partial charge in [-0.2, -0.15) is 0 Å². The number of hydrogen-bond donors (Lipinski definition) is 3. The second-order valence-electron chi connectivity index (χ2n) is 8.31. The quantitative estimate of drug-likeness (QED) is 0.180. The van der Waals surface area contributed by atoms with Crippen LogP contribution < -0.4 is 21.1 Å². The fourth-order valence-corrected chi connectivity index (χ4v) is 4.83. The van der Waals surface area contributed by atoms with E-state index in [1.807, 2.05) is 28.8 Å². The molecule has 3 aromatic rings. The van der Waals surface area contributed by atoms with Crippen molar-refractivity contribution in [2.75, 3.05) is 18.9 Å². The van der Waals surface area contributed by atoms with E-state index in [-0.39, 0.29) is 0 Å². The van der Waals surface area contributed by atoms with Crippen molar-refractivity contribution in [3.8, 4) is 11.4 Å². The molecule has 7 nitrogen and oxygen atoms in total. The number of anilines is 1. The van der Waals surface area contributed by atoms with Crippen LogP contribution in [0.2, 0.25) is 5.15 Å². The predicted octanol–water partition coefficient (Wildman–Crippen LogP) is 4.82. The first-order valence-electron chi connectivity index (χ1n) is 11.3. The molecule has 4 N–H and O–H groups in total. The summed E-state index contributed by atoms with van der Waals surface area (Å²) in [6, 6.07) is 16.0. The topological polar surface area (TPSA) is 89.5 Å². The Hall–Kier alpha value is -3.16. The minimum Gasteiger partial charge on any atom is -0.491 e. The third-order valence-electron chi connectivity index (χ3n) is 6.04. The number of nitrogens with zero attached hydrogens (tertiary/aromatic N) is 3. The zero-order valence-electron chi connectivity index (χ0n) is 18.5. The summed E-state index contributed by atoms with van der Waals surface area (Å²) in [5.41, 5.74) is 10.6. The van der Waals surface area contributed by atoms with Crippen LogP contribution in [0.15, 0.2) is 77.4 Å². The number of halogens is 2. The highest BCUT2D eigenvalue weighted by Gasteiger charge is 2.34. The van der Waals surface area contributed by atoms with E-state index in [9.17, 15) is 0 Å². The molecule has 2 aliphatic rings. The van der Waals surface area contributed by atoms with Gasteiger partial charge >= 0.3 is 0 Å². The minimum atomic E-state index is -0.473. The summed E-state index contributed by atoms with van der Waals surface area (Å²) in [6.45, 7) is 1.25. The molecule has 9 heteroatoms. The number of fused-ring (bicyclic) bond motifs is 1. The van der Waals surface area contributed by atoms with E-state index in [2.05, 4.69) is 39.9 Å². The Balaban J connectivity index is 1.20. The van der Waals surface area contributed by atoms with Crippen LogP contribution in [0.5, 0.6) is 5.75 Å². The van der Waals surface area contributed by atoms with Gasteiger partial charge in [-0.25, -0.2) is 9.98 Å². The smallest absolute Gasteiger partial charge is 0.196 e. The Labute approximate surface area is 208 Å². The molecule has 0 spiro atoms. The molecule has 2 aromatic carbocycles. The Bertz CT molecular complexity index is 1220. The van der Waals surface area contributed by atoms with Gasteiger partial charge in [0, 0.05) is 36.0 Å². The Kier molecular flexibility index (Phi) is 6.65. The van der Waals surface area contributed by atoms with Crippen LogP contribution in [0.3, 0.4) is 0 Å². The van der Waals surface area contributed by atoms with Gasteiger partial charge in [0.25, 0.3) is 0 Å². The molecule has 1 fully saturated rings. The number of ether oxygens (including phenoxy) is 1. The monoisotopic (exact) mass is 496 g/mol. The number of allylic oxidation sites excluding steroid dienone is 1. The summed E-state index contributed by atoms with van der Waals surface area (Å²) >= 11 is 12.4. The summed E-state index contributed by atoms with van der Waals surface area (Å²) < 4.78 is 7.87. The highest BCUT2D eigenvalue weighted by atomic mass is 35.5. The van der Waals surface area contributed by atoms with Gasteiger partial charge in [0.05, 0.1) is 18.0 Å². The minimum absolute atomic E-state index is 0.290. The van der Waals surface area contributed by atoms with Crippen molar-refractivity contribution >= 4 is 34.6 Å². The molecular weight excluding hydrogens is 471 g/mol. The molecular formula is C25H26Cl2N6O. The average molecular weight is 497 g/mol. The standard InChI is InChI=1S/C25H26Cl2N6O/c26-22-14-33(15-30-22)20-10-7-17(28)13-21(20)34-12-4-11-29-24-19-9-8-18(16-5-2-1-3-6-16)23(19)31-25(27)32-24/h1-3,5-7,10,13-15,18,25,29,32H,4,8-9,11-12,28H2. The third-order valence-corrected chi connectivity index (χ3v) is 6.44. The number of imidazole rings is 1. The lowest BCUT2D eigenvalue weighted by molar-refractivity contribution is 0.308.